The van der Waals surface area contributed by atoms with Crippen molar-refractivity contribution in [3.63, 3.8) is 0 Å². The second-order valence-corrected chi connectivity index (χ2v) is 4.47. The van der Waals surface area contributed by atoms with E-state index in [4.69, 9.17) is 4.42 Å². The Hall–Kier alpha value is -1.28. The highest BCUT2D eigenvalue weighted by atomic mass is 16.3. The van der Waals surface area contributed by atoms with Gasteiger partial charge in [0.15, 0.2) is 0 Å². The standard InChI is InChI=1S/C15H21NO/c1-4-9-16-10-14-11(3)13-8-6-7-12(5-2)15(13)17-14/h6-8,16H,4-5,9-10H2,1-3H3. The number of aryl methyl sites for hydroxylation is 2. The number of para-hydroxylation sites is 1. The fraction of sp³-hybridized carbons (Fsp3) is 0.467. The lowest BCUT2D eigenvalue weighted by Gasteiger charge is -2.00. The Balaban J connectivity index is 2.35. The van der Waals surface area contributed by atoms with Crippen LogP contribution < -0.4 is 5.32 Å². The highest BCUT2D eigenvalue weighted by Crippen LogP contribution is 2.28. The van der Waals surface area contributed by atoms with Crippen molar-refractivity contribution in [3.8, 4) is 0 Å². The predicted molar refractivity (Wildman–Crippen MR) is 72.3 cm³/mol. The molecule has 0 radical (unpaired) electrons. The van der Waals surface area contributed by atoms with Crippen molar-refractivity contribution < 1.29 is 4.42 Å². The normalized spacial score (nSPS) is 11.2. The second-order valence-electron chi connectivity index (χ2n) is 4.47. The second kappa shape index (κ2) is 5.37. The highest BCUT2D eigenvalue weighted by Gasteiger charge is 2.11. The van der Waals surface area contributed by atoms with Gasteiger partial charge in [0, 0.05) is 5.39 Å². The molecule has 2 heteroatoms. The van der Waals surface area contributed by atoms with Crippen LogP contribution in [0.2, 0.25) is 0 Å². The molecule has 0 aliphatic rings. The van der Waals surface area contributed by atoms with Crippen LogP contribution in [0.15, 0.2) is 22.6 Å². The summed E-state index contributed by atoms with van der Waals surface area (Å²) in [6.45, 7) is 8.36. The third-order valence-corrected chi connectivity index (χ3v) is 3.24. The number of hydrogen-bond acceptors (Lipinski definition) is 2. The van der Waals surface area contributed by atoms with Gasteiger partial charge < -0.3 is 9.73 Å². The lowest BCUT2D eigenvalue weighted by Crippen LogP contribution is -2.13. The largest absolute Gasteiger partial charge is 0.459 e. The van der Waals surface area contributed by atoms with Gasteiger partial charge in [0.1, 0.15) is 11.3 Å². The minimum atomic E-state index is 0.831. The fourth-order valence-corrected chi connectivity index (χ4v) is 2.18. The Morgan fingerprint density at radius 2 is 2.06 bits per heavy atom. The van der Waals surface area contributed by atoms with Gasteiger partial charge in [-0.2, -0.15) is 0 Å². The molecule has 0 amide bonds. The van der Waals surface area contributed by atoms with Gasteiger partial charge >= 0.3 is 0 Å². The van der Waals surface area contributed by atoms with Crippen LogP contribution >= 0.6 is 0 Å². The molecule has 0 fully saturated rings. The summed E-state index contributed by atoms with van der Waals surface area (Å²) in [4.78, 5) is 0. The van der Waals surface area contributed by atoms with Crippen molar-refractivity contribution in [2.24, 2.45) is 0 Å². The molecule has 1 N–H and O–H groups in total. The first kappa shape index (κ1) is 12.2. The zero-order valence-corrected chi connectivity index (χ0v) is 11.0. The molecule has 17 heavy (non-hydrogen) atoms. The van der Waals surface area contributed by atoms with Crippen molar-refractivity contribution in [2.45, 2.75) is 40.2 Å². The van der Waals surface area contributed by atoms with E-state index in [0.717, 1.165) is 37.3 Å². The number of rotatable bonds is 5. The molecular weight excluding hydrogens is 210 g/mol. The maximum Gasteiger partial charge on any atom is 0.137 e. The molecule has 0 aliphatic heterocycles. The van der Waals surface area contributed by atoms with Crippen molar-refractivity contribution >= 4 is 11.0 Å². The van der Waals surface area contributed by atoms with Gasteiger partial charge in [0.2, 0.25) is 0 Å². The van der Waals surface area contributed by atoms with Gasteiger partial charge in [-0.3, -0.25) is 0 Å². The fourth-order valence-electron chi connectivity index (χ4n) is 2.18. The van der Waals surface area contributed by atoms with Crippen LogP contribution in [0.5, 0.6) is 0 Å². The summed E-state index contributed by atoms with van der Waals surface area (Å²) < 4.78 is 6.00. The maximum absolute atomic E-state index is 6.00. The third-order valence-electron chi connectivity index (χ3n) is 3.24. The Morgan fingerprint density at radius 3 is 2.76 bits per heavy atom. The summed E-state index contributed by atoms with van der Waals surface area (Å²) >= 11 is 0. The van der Waals surface area contributed by atoms with E-state index in [2.05, 4.69) is 44.3 Å². The van der Waals surface area contributed by atoms with Gasteiger partial charge in [0.05, 0.1) is 6.54 Å². The maximum atomic E-state index is 6.00. The molecule has 2 nitrogen and oxygen atoms in total. The van der Waals surface area contributed by atoms with Crippen LogP contribution in [0.25, 0.3) is 11.0 Å². The lowest BCUT2D eigenvalue weighted by molar-refractivity contribution is 0.508. The van der Waals surface area contributed by atoms with E-state index in [0.29, 0.717) is 0 Å². The quantitative estimate of drug-likeness (QED) is 0.792. The molecule has 0 aliphatic carbocycles. The Labute approximate surface area is 103 Å². The van der Waals surface area contributed by atoms with Crippen LogP contribution in [0.3, 0.4) is 0 Å². The summed E-state index contributed by atoms with van der Waals surface area (Å²) in [6, 6.07) is 6.41. The first-order valence-electron chi connectivity index (χ1n) is 6.48. The van der Waals surface area contributed by atoms with Gasteiger partial charge in [-0.15, -0.1) is 0 Å². The van der Waals surface area contributed by atoms with E-state index in [1.807, 2.05) is 0 Å². The first-order chi connectivity index (χ1) is 8.27. The number of hydrogen-bond donors (Lipinski definition) is 1. The highest BCUT2D eigenvalue weighted by molar-refractivity contribution is 5.84. The van der Waals surface area contributed by atoms with E-state index < -0.39 is 0 Å². The molecule has 1 aromatic carbocycles. The molecule has 0 atom stereocenters. The van der Waals surface area contributed by atoms with Crippen LogP contribution in [-0.4, -0.2) is 6.54 Å². The summed E-state index contributed by atoms with van der Waals surface area (Å²) in [5, 5.41) is 4.66. The molecule has 2 rings (SSSR count). The zero-order chi connectivity index (χ0) is 12.3. The molecule has 0 bridgehead atoms. The number of nitrogens with one attached hydrogen (secondary N) is 1. The number of furan rings is 1. The van der Waals surface area contributed by atoms with E-state index in [9.17, 15) is 0 Å². The molecule has 0 spiro atoms. The van der Waals surface area contributed by atoms with Crippen LogP contribution in [0.4, 0.5) is 0 Å². The SMILES string of the molecule is CCCNCc1oc2c(CC)cccc2c1C. The van der Waals surface area contributed by atoms with Gasteiger partial charge in [-0.1, -0.05) is 32.0 Å². The van der Waals surface area contributed by atoms with Crippen LogP contribution in [0, 0.1) is 6.92 Å². The summed E-state index contributed by atoms with van der Waals surface area (Å²) in [7, 11) is 0. The smallest absolute Gasteiger partial charge is 0.137 e. The van der Waals surface area contributed by atoms with Gasteiger partial charge in [-0.05, 0) is 37.4 Å². The van der Waals surface area contributed by atoms with Crippen molar-refractivity contribution in [3.05, 3.63) is 35.1 Å². The number of benzene rings is 1. The van der Waals surface area contributed by atoms with E-state index in [-0.39, 0.29) is 0 Å². The topological polar surface area (TPSA) is 25.2 Å². The average molecular weight is 231 g/mol. The molecule has 1 aromatic heterocycles. The first-order valence-corrected chi connectivity index (χ1v) is 6.48. The zero-order valence-electron chi connectivity index (χ0n) is 11.0. The molecule has 0 saturated heterocycles. The molecular formula is C15H21NO. The molecule has 1 heterocycles. The molecule has 2 aromatic rings. The minimum Gasteiger partial charge on any atom is -0.459 e. The van der Waals surface area contributed by atoms with Gasteiger partial charge in [-0.25, -0.2) is 0 Å². The monoisotopic (exact) mass is 231 g/mol. The average Bonchev–Trinajstić information content (AvgIpc) is 2.67. The Bertz CT molecular complexity index is 499. The molecule has 0 saturated carbocycles. The third kappa shape index (κ3) is 2.37. The summed E-state index contributed by atoms with van der Waals surface area (Å²) in [6.07, 6.45) is 2.17. The number of fused-ring (bicyclic) bond motifs is 1. The van der Waals surface area contributed by atoms with Crippen molar-refractivity contribution in [1.29, 1.82) is 0 Å². The van der Waals surface area contributed by atoms with E-state index in [1.165, 1.54) is 16.5 Å². The molecule has 92 valence electrons. The van der Waals surface area contributed by atoms with Crippen molar-refractivity contribution in [2.75, 3.05) is 6.54 Å². The lowest BCUT2D eigenvalue weighted by atomic mass is 10.1. The Morgan fingerprint density at radius 1 is 1.24 bits per heavy atom. The van der Waals surface area contributed by atoms with Gasteiger partial charge in [0.25, 0.3) is 0 Å². The molecule has 0 unspecified atom stereocenters. The van der Waals surface area contributed by atoms with E-state index >= 15 is 0 Å². The van der Waals surface area contributed by atoms with Crippen LogP contribution in [-0.2, 0) is 13.0 Å². The summed E-state index contributed by atoms with van der Waals surface area (Å²) in [5.41, 5.74) is 3.65. The van der Waals surface area contributed by atoms with Crippen LogP contribution in [0.1, 0.15) is 37.2 Å². The van der Waals surface area contributed by atoms with E-state index in [1.54, 1.807) is 0 Å². The summed E-state index contributed by atoms with van der Waals surface area (Å²) in [5.74, 6) is 1.08. The minimum absolute atomic E-state index is 0.831. The predicted octanol–water partition coefficient (Wildman–Crippen LogP) is 3.80. The Kier molecular flexibility index (Phi) is 3.85. The van der Waals surface area contributed by atoms with Crippen molar-refractivity contribution in [1.82, 2.24) is 5.32 Å².